The smallest absolute Gasteiger partial charge is 0.403 e. The lowest BCUT2D eigenvalue weighted by Gasteiger charge is -2.34. The number of rotatable bonds is 2. The van der Waals surface area contributed by atoms with Gasteiger partial charge in [0.15, 0.2) is 0 Å². The molecule has 0 amide bonds. The summed E-state index contributed by atoms with van der Waals surface area (Å²) in [5.74, 6) is 0. The van der Waals surface area contributed by atoms with E-state index in [1.165, 1.54) is 0 Å². The van der Waals surface area contributed by atoms with Crippen LogP contribution in [0.25, 0.3) is 0 Å². The first-order valence-electron chi connectivity index (χ1n) is 4.93. The van der Waals surface area contributed by atoms with Gasteiger partial charge in [0.2, 0.25) is 0 Å². The van der Waals surface area contributed by atoms with Crippen LogP contribution >= 0.6 is 0 Å². The van der Waals surface area contributed by atoms with Crippen molar-refractivity contribution in [1.82, 2.24) is 4.98 Å². The molecule has 0 atom stereocenters. The largest absolute Gasteiger partial charge is 0.513 e. The highest BCUT2D eigenvalue weighted by atomic mass is 16.6. The van der Waals surface area contributed by atoms with Crippen molar-refractivity contribution >= 4 is 12.7 Å². The minimum atomic E-state index is -0.366. The first-order valence-corrected chi connectivity index (χ1v) is 4.93. The van der Waals surface area contributed by atoms with Gasteiger partial charge >= 0.3 is 7.12 Å². The topological polar surface area (TPSA) is 40.6 Å². The molecule has 1 aromatic rings. The highest BCUT2D eigenvalue weighted by Gasteiger charge is 2.37. The molecular weight excluding hydrogens is 193 g/mol. The Morgan fingerprint density at radius 2 is 2.13 bits per heavy atom. The van der Waals surface area contributed by atoms with Crippen molar-refractivity contribution in [2.45, 2.75) is 12.5 Å². The third kappa shape index (κ3) is 2.37. The van der Waals surface area contributed by atoms with E-state index in [4.69, 9.17) is 14.0 Å². The molecule has 1 fully saturated rings. The molecule has 0 saturated carbocycles. The standard InChI is InChI=1S/C10H14BNO3/c1-10(13-2)7-14-11(15-8-10)9-5-3-4-6-12-9/h3-6H,7-8H2,1-2H3. The lowest BCUT2D eigenvalue weighted by Crippen LogP contribution is -2.53. The van der Waals surface area contributed by atoms with E-state index >= 15 is 0 Å². The van der Waals surface area contributed by atoms with E-state index in [9.17, 15) is 0 Å². The quantitative estimate of drug-likeness (QED) is 0.651. The molecule has 2 heterocycles. The third-order valence-corrected chi connectivity index (χ3v) is 2.50. The first-order chi connectivity index (χ1) is 7.23. The van der Waals surface area contributed by atoms with E-state index < -0.39 is 0 Å². The zero-order chi connectivity index (χ0) is 10.7. The molecule has 0 spiro atoms. The molecule has 80 valence electrons. The summed E-state index contributed by atoms with van der Waals surface area (Å²) in [5, 5.41) is 0. The number of hydrogen-bond donors (Lipinski definition) is 0. The number of hydrogen-bond acceptors (Lipinski definition) is 4. The van der Waals surface area contributed by atoms with Crippen LogP contribution in [0, 0.1) is 0 Å². The average molecular weight is 207 g/mol. The molecular formula is C10H14BNO3. The maximum atomic E-state index is 5.56. The summed E-state index contributed by atoms with van der Waals surface area (Å²) in [6.07, 6.45) is 1.73. The van der Waals surface area contributed by atoms with Crippen molar-refractivity contribution < 1.29 is 14.0 Å². The van der Waals surface area contributed by atoms with Gasteiger partial charge in [-0.2, -0.15) is 0 Å². The minimum absolute atomic E-state index is 0.342. The summed E-state index contributed by atoms with van der Waals surface area (Å²) in [5.41, 5.74) is 0.460. The van der Waals surface area contributed by atoms with Crippen LogP contribution in [0.15, 0.2) is 24.4 Å². The number of aromatic nitrogens is 1. The van der Waals surface area contributed by atoms with Crippen LogP contribution in [0.5, 0.6) is 0 Å². The predicted molar refractivity (Wildman–Crippen MR) is 56.9 cm³/mol. The van der Waals surface area contributed by atoms with Crippen LogP contribution in [0.4, 0.5) is 0 Å². The van der Waals surface area contributed by atoms with Crippen LogP contribution in [0.2, 0.25) is 0 Å². The fraction of sp³-hybridized carbons (Fsp3) is 0.500. The van der Waals surface area contributed by atoms with E-state index in [2.05, 4.69) is 4.98 Å². The second-order valence-corrected chi connectivity index (χ2v) is 3.86. The van der Waals surface area contributed by atoms with Crippen molar-refractivity contribution in [1.29, 1.82) is 0 Å². The Bertz CT molecular complexity index is 312. The molecule has 0 unspecified atom stereocenters. The summed E-state index contributed by atoms with van der Waals surface area (Å²) in [6.45, 7) is 3.00. The summed E-state index contributed by atoms with van der Waals surface area (Å²) in [7, 11) is 1.29. The van der Waals surface area contributed by atoms with Gasteiger partial charge in [-0.25, -0.2) is 0 Å². The summed E-state index contributed by atoms with van der Waals surface area (Å²) in [4.78, 5) is 4.19. The molecule has 0 bridgehead atoms. The maximum absolute atomic E-state index is 5.56. The molecule has 15 heavy (non-hydrogen) atoms. The van der Waals surface area contributed by atoms with Gasteiger partial charge in [-0.05, 0) is 19.1 Å². The number of ether oxygens (including phenoxy) is 1. The number of pyridine rings is 1. The monoisotopic (exact) mass is 207 g/mol. The lowest BCUT2D eigenvalue weighted by molar-refractivity contribution is -0.0924. The Hall–Kier alpha value is -0.905. The van der Waals surface area contributed by atoms with Crippen molar-refractivity contribution in [3.05, 3.63) is 24.4 Å². The Kier molecular flexibility index (Phi) is 3.04. The van der Waals surface area contributed by atoms with E-state index in [1.54, 1.807) is 13.3 Å². The van der Waals surface area contributed by atoms with Gasteiger partial charge in [0.05, 0.1) is 18.8 Å². The molecule has 1 aromatic heterocycles. The summed E-state index contributed by atoms with van der Waals surface area (Å²) >= 11 is 0. The molecule has 5 heteroatoms. The van der Waals surface area contributed by atoms with Gasteiger partial charge in [0.25, 0.3) is 0 Å². The van der Waals surface area contributed by atoms with E-state index in [1.807, 2.05) is 25.1 Å². The fourth-order valence-electron chi connectivity index (χ4n) is 1.40. The van der Waals surface area contributed by atoms with Crippen molar-refractivity contribution in [3.8, 4) is 0 Å². The van der Waals surface area contributed by atoms with Gasteiger partial charge in [0.1, 0.15) is 5.60 Å². The van der Waals surface area contributed by atoms with Crippen LogP contribution in [-0.4, -0.2) is 38.0 Å². The first kappa shape index (κ1) is 10.6. The molecule has 4 nitrogen and oxygen atoms in total. The Morgan fingerprint density at radius 3 is 2.67 bits per heavy atom. The Morgan fingerprint density at radius 1 is 1.40 bits per heavy atom. The molecule has 0 radical (unpaired) electrons. The minimum Gasteiger partial charge on any atom is -0.403 e. The zero-order valence-corrected chi connectivity index (χ0v) is 8.97. The molecule has 0 aromatic carbocycles. The second kappa shape index (κ2) is 4.30. The maximum Gasteiger partial charge on any atom is 0.513 e. The molecule has 1 aliphatic heterocycles. The van der Waals surface area contributed by atoms with Crippen LogP contribution in [0.3, 0.4) is 0 Å². The SMILES string of the molecule is COC1(C)COB(c2ccccn2)OC1. The molecule has 1 saturated heterocycles. The normalized spacial score (nSPS) is 20.3. The van der Waals surface area contributed by atoms with Crippen LogP contribution in [-0.2, 0) is 14.0 Å². The van der Waals surface area contributed by atoms with Crippen LogP contribution < -0.4 is 5.59 Å². The van der Waals surface area contributed by atoms with Gasteiger partial charge in [-0.1, -0.05) is 6.07 Å². The third-order valence-electron chi connectivity index (χ3n) is 2.50. The van der Waals surface area contributed by atoms with E-state index in [-0.39, 0.29) is 12.7 Å². The highest BCUT2D eigenvalue weighted by Crippen LogP contribution is 2.16. The molecule has 0 N–H and O–H groups in total. The van der Waals surface area contributed by atoms with Crippen molar-refractivity contribution in [2.24, 2.45) is 0 Å². The number of nitrogens with zero attached hydrogens (tertiary/aromatic N) is 1. The lowest BCUT2D eigenvalue weighted by atomic mass is 9.81. The molecule has 0 aliphatic carbocycles. The predicted octanol–water partition coefficient (Wildman–Crippen LogP) is 0.229. The van der Waals surface area contributed by atoms with E-state index in [0.717, 1.165) is 5.59 Å². The summed E-state index contributed by atoms with van der Waals surface area (Å²) in [6, 6.07) is 5.67. The van der Waals surface area contributed by atoms with Gasteiger partial charge in [-0.3, -0.25) is 4.98 Å². The molecule has 1 aliphatic rings. The van der Waals surface area contributed by atoms with Crippen molar-refractivity contribution in [2.75, 3.05) is 20.3 Å². The van der Waals surface area contributed by atoms with Gasteiger partial charge < -0.3 is 14.0 Å². The Labute approximate surface area is 89.7 Å². The van der Waals surface area contributed by atoms with Gasteiger partial charge in [-0.15, -0.1) is 0 Å². The Balaban J connectivity index is 2.00. The number of methoxy groups -OCH3 is 1. The average Bonchev–Trinajstić information content (AvgIpc) is 2.31. The van der Waals surface area contributed by atoms with Crippen LogP contribution in [0.1, 0.15) is 6.92 Å². The fourth-order valence-corrected chi connectivity index (χ4v) is 1.40. The van der Waals surface area contributed by atoms with E-state index in [0.29, 0.717) is 13.2 Å². The zero-order valence-electron chi connectivity index (χ0n) is 8.97. The van der Waals surface area contributed by atoms with Gasteiger partial charge in [0, 0.05) is 13.3 Å². The second-order valence-electron chi connectivity index (χ2n) is 3.86. The summed E-state index contributed by atoms with van der Waals surface area (Å²) < 4.78 is 16.4. The highest BCUT2D eigenvalue weighted by molar-refractivity contribution is 6.60. The van der Waals surface area contributed by atoms with Crippen molar-refractivity contribution in [3.63, 3.8) is 0 Å². The molecule has 2 rings (SSSR count).